The highest BCUT2D eigenvalue weighted by atomic mass is 15.0. The van der Waals surface area contributed by atoms with E-state index >= 15 is 0 Å². The zero-order chi connectivity index (χ0) is 18.3. The number of aryl methyl sites for hydroxylation is 2. The number of rotatable bonds is 2. The molecular formula is C24H24N2+2. The Morgan fingerprint density at radius 1 is 0.654 bits per heavy atom. The van der Waals surface area contributed by atoms with Crippen LogP contribution < -0.4 is 9.13 Å². The van der Waals surface area contributed by atoms with Gasteiger partial charge in [0.1, 0.15) is 14.1 Å². The van der Waals surface area contributed by atoms with E-state index in [9.17, 15) is 0 Å². The van der Waals surface area contributed by atoms with Crippen LogP contribution in [0.3, 0.4) is 0 Å². The van der Waals surface area contributed by atoms with Crippen LogP contribution in [0.25, 0.3) is 33.4 Å². The molecule has 4 aromatic rings. The third-order valence-electron chi connectivity index (χ3n) is 5.46. The quantitative estimate of drug-likeness (QED) is 0.477. The topological polar surface area (TPSA) is 7.76 Å². The summed E-state index contributed by atoms with van der Waals surface area (Å²) in [7, 11) is 4.25. The number of pyridine rings is 2. The summed E-state index contributed by atoms with van der Waals surface area (Å²) in [6.45, 7) is 4.45. The predicted molar refractivity (Wildman–Crippen MR) is 107 cm³/mol. The van der Waals surface area contributed by atoms with Crippen molar-refractivity contribution in [1.82, 2.24) is 0 Å². The highest BCUT2D eigenvalue weighted by Gasteiger charge is 2.23. The molecule has 2 aromatic heterocycles. The maximum absolute atomic E-state index is 2.32. The van der Waals surface area contributed by atoms with E-state index in [0.717, 1.165) is 0 Å². The summed E-state index contributed by atoms with van der Waals surface area (Å²) in [6, 6.07) is 23.8. The van der Waals surface area contributed by atoms with E-state index in [2.05, 4.69) is 110 Å². The Balaban J connectivity index is 1.98. The van der Waals surface area contributed by atoms with Crippen molar-refractivity contribution in [3.8, 4) is 22.6 Å². The molecule has 0 saturated carbocycles. The Morgan fingerprint density at radius 3 is 2.15 bits per heavy atom. The Morgan fingerprint density at radius 2 is 1.35 bits per heavy atom. The molecule has 0 aliphatic rings. The second-order valence-electron chi connectivity index (χ2n) is 6.95. The standard InChI is InChI=1S/C24H24N2/c1-17-18(2)21(16-19-10-5-6-11-20(17)19)22-13-9-14-24(26(22)4)23-12-7-8-15-25(23)3/h5-16H,1-4H3/q+2. The first-order valence-corrected chi connectivity index (χ1v) is 9.01. The van der Waals surface area contributed by atoms with Gasteiger partial charge in [0.2, 0.25) is 5.69 Å². The first-order chi connectivity index (χ1) is 12.6. The maximum atomic E-state index is 2.32. The van der Waals surface area contributed by atoms with Gasteiger partial charge in [-0.3, -0.25) is 0 Å². The number of hydrogen-bond acceptors (Lipinski definition) is 0. The lowest BCUT2D eigenvalue weighted by atomic mass is 9.93. The van der Waals surface area contributed by atoms with Crippen LogP contribution in [-0.2, 0) is 14.1 Å². The molecule has 0 saturated heterocycles. The van der Waals surface area contributed by atoms with Gasteiger partial charge >= 0.3 is 0 Å². The monoisotopic (exact) mass is 340 g/mol. The van der Waals surface area contributed by atoms with Crippen LogP contribution >= 0.6 is 0 Å². The smallest absolute Gasteiger partial charge is 0.196 e. The van der Waals surface area contributed by atoms with Crippen molar-refractivity contribution >= 4 is 10.8 Å². The first-order valence-electron chi connectivity index (χ1n) is 9.01. The average Bonchev–Trinajstić information content (AvgIpc) is 2.66. The zero-order valence-electron chi connectivity index (χ0n) is 15.8. The highest BCUT2D eigenvalue weighted by Crippen LogP contribution is 2.31. The van der Waals surface area contributed by atoms with Gasteiger partial charge in [0.25, 0.3) is 11.4 Å². The van der Waals surface area contributed by atoms with Crippen molar-refractivity contribution in [3.63, 3.8) is 0 Å². The van der Waals surface area contributed by atoms with Crippen LogP contribution in [0.15, 0.2) is 72.9 Å². The minimum atomic E-state index is 1.20. The lowest BCUT2D eigenvalue weighted by molar-refractivity contribution is -0.685. The van der Waals surface area contributed by atoms with Gasteiger partial charge in [-0.2, -0.15) is 9.13 Å². The van der Waals surface area contributed by atoms with Crippen LogP contribution in [0.5, 0.6) is 0 Å². The molecular weight excluding hydrogens is 316 g/mol. The molecule has 0 atom stereocenters. The molecule has 0 bridgehead atoms. The Hall–Kier alpha value is -3.00. The van der Waals surface area contributed by atoms with E-state index < -0.39 is 0 Å². The zero-order valence-corrected chi connectivity index (χ0v) is 15.8. The minimum absolute atomic E-state index is 1.20. The Bertz CT molecular complexity index is 1130. The fourth-order valence-electron chi connectivity index (χ4n) is 3.80. The van der Waals surface area contributed by atoms with Crippen molar-refractivity contribution in [2.45, 2.75) is 13.8 Å². The minimum Gasteiger partial charge on any atom is -0.196 e. The molecule has 0 radical (unpaired) electrons. The molecule has 0 spiro atoms. The van der Waals surface area contributed by atoms with Gasteiger partial charge in [0.15, 0.2) is 6.20 Å². The number of nitrogens with zero attached hydrogens (tertiary/aromatic N) is 2. The van der Waals surface area contributed by atoms with E-state index in [4.69, 9.17) is 0 Å². The molecule has 128 valence electrons. The third kappa shape index (κ3) is 2.59. The molecule has 0 fully saturated rings. The summed E-state index contributed by atoms with van der Waals surface area (Å²) in [6.07, 6.45) is 2.09. The molecule has 0 amide bonds. The molecule has 2 aromatic carbocycles. The molecule has 2 heteroatoms. The van der Waals surface area contributed by atoms with Crippen molar-refractivity contribution < 1.29 is 9.13 Å². The van der Waals surface area contributed by atoms with Gasteiger partial charge in [-0.25, -0.2) is 0 Å². The molecule has 0 unspecified atom stereocenters. The second-order valence-corrected chi connectivity index (χ2v) is 6.95. The molecule has 4 rings (SSSR count). The highest BCUT2D eigenvalue weighted by molar-refractivity contribution is 5.91. The lowest BCUT2D eigenvalue weighted by Crippen LogP contribution is -2.39. The van der Waals surface area contributed by atoms with E-state index in [-0.39, 0.29) is 0 Å². The lowest BCUT2D eigenvalue weighted by Gasteiger charge is -2.12. The summed E-state index contributed by atoms with van der Waals surface area (Å²) in [5.41, 5.74) is 7.63. The van der Waals surface area contributed by atoms with E-state index in [1.54, 1.807) is 0 Å². The van der Waals surface area contributed by atoms with Gasteiger partial charge < -0.3 is 0 Å². The number of fused-ring (bicyclic) bond motifs is 1. The summed E-state index contributed by atoms with van der Waals surface area (Å²) < 4.78 is 4.46. The summed E-state index contributed by atoms with van der Waals surface area (Å²) in [5, 5.41) is 2.63. The molecule has 2 nitrogen and oxygen atoms in total. The summed E-state index contributed by atoms with van der Waals surface area (Å²) >= 11 is 0. The van der Waals surface area contributed by atoms with Gasteiger partial charge in [0.05, 0.1) is 0 Å². The molecule has 2 heterocycles. The maximum Gasteiger partial charge on any atom is 0.277 e. The van der Waals surface area contributed by atoms with Crippen molar-refractivity contribution in [3.05, 3.63) is 84.1 Å². The van der Waals surface area contributed by atoms with Crippen molar-refractivity contribution in [2.75, 3.05) is 0 Å². The fraction of sp³-hybridized carbons (Fsp3) is 0.167. The molecule has 26 heavy (non-hydrogen) atoms. The van der Waals surface area contributed by atoms with E-state index in [0.29, 0.717) is 0 Å². The number of hydrogen-bond donors (Lipinski definition) is 0. The van der Waals surface area contributed by atoms with Crippen LogP contribution in [0, 0.1) is 13.8 Å². The average molecular weight is 340 g/mol. The molecule has 0 aliphatic carbocycles. The number of aromatic nitrogens is 2. The van der Waals surface area contributed by atoms with Gasteiger partial charge in [0, 0.05) is 29.8 Å². The second kappa shape index (κ2) is 6.38. The largest absolute Gasteiger partial charge is 0.277 e. The van der Waals surface area contributed by atoms with Crippen LogP contribution in [0.1, 0.15) is 11.1 Å². The summed E-state index contributed by atoms with van der Waals surface area (Å²) in [5.74, 6) is 0. The van der Waals surface area contributed by atoms with Gasteiger partial charge in [-0.1, -0.05) is 24.3 Å². The normalized spacial score (nSPS) is 11.1. The molecule has 0 N–H and O–H groups in total. The van der Waals surface area contributed by atoms with Crippen LogP contribution in [-0.4, -0.2) is 0 Å². The first kappa shape index (κ1) is 16.5. The van der Waals surface area contributed by atoms with Crippen LogP contribution in [0.4, 0.5) is 0 Å². The Kier molecular flexibility index (Phi) is 4.04. The van der Waals surface area contributed by atoms with E-state index in [1.807, 2.05) is 0 Å². The Labute approximate surface area is 155 Å². The number of benzene rings is 2. The van der Waals surface area contributed by atoms with Gasteiger partial charge in [-0.15, -0.1) is 0 Å². The summed E-state index contributed by atoms with van der Waals surface area (Å²) in [4.78, 5) is 0. The van der Waals surface area contributed by atoms with E-state index in [1.165, 1.54) is 44.5 Å². The van der Waals surface area contributed by atoms with Crippen molar-refractivity contribution in [1.29, 1.82) is 0 Å². The predicted octanol–water partition coefficient (Wildman–Crippen LogP) is 4.44. The SMILES string of the molecule is Cc1c(-c2cccc(-c3cccc[n+]3C)[n+]2C)cc2ccccc2c1C. The van der Waals surface area contributed by atoms with Gasteiger partial charge in [-0.05, 0) is 53.9 Å². The third-order valence-corrected chi connectivity index (χ3v) is 5.46. The molecule has 0 aliphatic heterocycles. The van der Waals surface area contributed by atoms with Crippen LogP contribution in [0.2, 0.25) is 0 Å². The fourth-order valence-corrected chi connectivity index (χ4v) is 3.80. The van der Waals surface area contributed by atoms with Crippen molar-refractivity contribution in [2.24, 2.45) is 14.1 Å².